The molecule has 2 unspecified atom stereocenters. The second-order valence-electron chi connectivity index (χ2n) is 11.9. The van der Waals surface area contributed by atoms with Gasteiger partial charge in [-0.2, -0.15) is 22.0 Å². The molecular formula is C31H30F5NO2. The number of carbonyl (C=O) groups is 1. The maximum atomic E-state index is 15.1. The van der Waals surface area contributed by atoms with Gasteiger partial charge in [0.1, 0.15) is 0 Å². The first-order valence-corrected chi connectivity index (χ1v) is 13.5. The third kappa shape index (κ3) is 3.77. The Hall–Kier alpha value is -2.87. The maximum Gasteiger partial charge on any atom is 0.456 e. The van der Waals surface area contributed by atoms with Crippen LogP contribution in [0, 0.1) is 29.1 Å². The van der Waals surface area contributed by atoms with Crippen LogP contribution in [0.1, 0.15) is 50.5 Å². The average Bonchev–Trinajstić information content (AvgIpc) is 3.19. The van der Waals surface area contributed by atoms with Gasteiger partial charge in [-0.1, -0.05) is 48.9 Å². The summed E-state index contributed by atoms with van der Waals surface area (Å²) in [5.41, 5.74) is -1.36. The van der Waals surface area contributed by atoms with Crippen LogP contribution in [-0.4, -0.2) is 33.6 Å². The molecule has 0 spiro atoms. The fourth-order valence-electron chi connectivity index (χ4n) is 8.26. The van der Waals surface area contributed by atoms with E-state index >= 15 is 8.78 Å². The normalized spacial score (nSPS) is 36.1. The number of alkyl halides is 5. The minimum Gasteiger partial charge on any atom is -0.378 e. The number of benzene rings is 1. The number of hydrogen-bond acceptors (Lipinski definition) is 3. The minimum atomic E-state index is -5.89. The third-order valence-corrected chi connectivity index (χ3v) is 10.1. The standard InChI is InChI=1S/C31H30F5NO2/c1-28-16-25(19-6-4-18(5-7-19)21-3-2-14-37-17-21)27-23-11-9-22(38)15-20(23)8-10-24(27)26(28)12-13-29(28,39)30(32,33)31(34,35)36/h2-7,12-15,17,23-27,39H,8-11,16H2,1H3/t23-,24-,25?,26-,27+,28-,29?/m0/s1. The highest BCUT2D eigenvalue weighted by atomic mass is 19.4. The zero-order chi connectivity index (χ0) is 27.8. The summed E-state index contributed by atoms with van der Waals surface area (Å²) in [5, 5.41) is 11.3. The number of aliphatic hydroxyl groups is 1. The average molecular weight is 544 g/mol. The van der Waals surface area contributed by atoms with Gasteiger partial charge in [0.15, 0.2) is 11.4 Å². The molecule has 0 saturated heterocycles. The molecule has 3 nitrogen and oxygen atoms in total. The highest BCUT2D eigenvalue weighted by Crippen LogP contribution is 2.69. The van der Waals surface area contributed by atoms with Crippen LogP contribution in [-0.2, 0) is 4.79 Å². The molecule has 2 aromatic rings. The first kappa shape index (κ1) is 26.4. The monoisotopic (exact) mass is 543 g/mol. The van der Waals surface area contributed by atoms with E-state index in [1.54, 1.807) is 18.5 Å². The third-order valence-electron chi connectivity index (χ3n) is 10.1. The quantitative estimate of drug-likeness (QED) is 0.327. The van der Waals surface area contributed by atoms with Crippen molar-refractivity contribution < 1.29 is 31.9 Å². The predicted octanol–water partition coefficient (Wildman–Crippen LogP) is 7.29. The first-order chi connectivity index (χ1) is 18.4. The van der Waals surface area contributed by atoms with Crippen molar-refractivity contribution in [2.45, 2.75) is 62.6 Å². The number of rotatable bonds is 3. The molecule has 1 aromatic carbocycles. The summed E-state index contributed by atoms with van der Waals surface area (Å²) in [6.07, 6.45) is 3.58. The summed E-state index contributed by atoms with van der Waals surface area (Å²) < 4.78 is 71.2. The number of pyridine rings is 1. The molecule has 39 heavy (non-hydrogen) atoms. The fourth-order valence-corrected chi connectivity index (χ4v) is 8.26. The lowest BCUT2D eigenvalue weighted by molar-refractivity contribution is -0.354. The number of nitrogens with zero attached hydrogens (tertiary/aromatic N) is 1. The van der Waals surface area contributed by atoms with Crippen molar-refractivity contribution in [2.24, 2.45) is 29.1 Å². The molecular weight excluding hydrogens is 513 g/mol. The lowest BCUT2D eigenvalue weighted by atomic mass is 9.46. The van der Waals surface area contributed by atoms with E-state index in [0.717, 1.165) is 28.3 Å². The van der Waals surface area contributed by atoms with Crippen molar-refractivity contribution in [3.63, 3.8) is 0 Å². The molecule has 1 heterocycles. The second-order valence-corrected chi connectivity index (χ2v) is 11.9. The van der Waals surface area contributed by atoms with Gasteiger partial charge in [0.2, 0.25) is 0 Å². The lowest BCUT2D eigenvalue weighted by Gasteiger charge is -2.59. The molecule has 2 saturated carbocycles. The van der Waals surface area contributed by atoms with E-state index in [9.17, 15) is 23.1 Å². The van der Waals surface area contributed by atoms with Crippen LogP contribution in [0.25, 0.3) is 11.1 Å². The second kappa shape index (κ2) is 8.82. The van der Waals surface area contributed by atoms with Gasteiger partial charge >= 0.3 is 12.1 Å². The van der Waals surface area contributed by atoms with Crippen molar-refractivity contribution >= 4 is 5.78 Å². The molecule has 0 radical (unpaired) electrons. The molecule has 0 bridgehead atoms. The summed E-state index contributed by atoms with van der Waals surface area (Å²) >= 11 is 0. The van der Waals surface area contributed by atoms with E-state index in [4.69, 9.17) is 0 Å². The van der Waals surface area contributed by atoms with Gasteiger partial charge in [0, 0.05) is 24.2 Å². The minimum absolute atomic E-state index is 0.0298. The van der Waals surface area contributed by atoms with Gasteiger partial charge < -0.3 is 5.11 Å². The highest BCUT2D eigenvalue weighted by molar-refractivity contribution is 5.91. The van der Waals surface area contributed by atoms with E-state index < -0.39 is 29.0 Å². The number of hydrogen-bond donors (Lipinski definition) is 1. The number of ketones is 1. The van der Waals surface area contributed by atoms with Crippen molar-refractivity contribution in [2.75, 3.05) is 0 Å². The molecule has 0 aliphatic heterocycles. The van der Waals surface area contributed by atoms with Gasteiger partial charge in [0.05, 0.1) is 0 Å². The molecule has 4 aliphatic rings. The van der Waals surface area contributed by atoms with Crippen LogP contribution in [0.5, 0.6) is 0 Å². The molecule has 1 N–H and O–H groups in total. The zero-order valence-corrected chi connectivity index (χ0v) is 21.5. The highest BCUT2D eigenvalue weighted by Gasteiger charge is 2.78. The Morgan fingerprint density at radius 3 is 2.38 bits per heavy atom. The lowest BCUT2D eigenvalue weighted by Crippen LogP contribution is -2.66. The Morgan fingerprint density at radius 1 is 0.974 bits per heavy atom. The maximum absolute atomic E-state index is 15.1. The van der Waals surface area contributed by atoms with E-state index in [0.29, 0.717) is 25.7 Å². The SMILES string of the molecule is C[C@]12CC(c3ccc(-c4cccnc4)cc3)[C@H]3[C@@H](CCC4=CC(=O)CC[C@@H]43)[C@@H]1C=CC2(O)C(F)(F)C(F)(F)F. The van der Waals surface area contributed by atoms with Crippen LogP contribution in [0.4, 0.5) is 22.0 Å². The van der Waals surface area contributed by atoms with E-state index in [1.807, 2.05) is 36.4 Å². The summed E-state index contributed by atoms with van der Waals surface area (Å²) in [5.74, 6) is -6.40. The summed E-state index contributed by atoms with van der Waals surface area (Å²) in [6, 6.07) is 11.4. The molecule has 4 aliphatic carbocycles. The molecule has 206 valence electrons. The molecule has 0 amide bonds. The van der Waals surface area contributed by atoms with Crippen LogP contribution >= 0.6 is 0 Å². The van der Waals surface area contributed by atoms with Crippen LogP contribution in [0.15, 0.2) is 72.6 Å². The molecule has 2 fully saturated rings. The Balaban J connectivity index is 1.45. The fraction of sp³-hybridized carbons (Fsp3) is 0.484. The number of carbonyl (C=O) groups excluding carboxylic acids is 1. The van der Waals surface area contributed by atoms with Gasteiger partial charge in [-0.25, -0.2) is 0 Å². The van der Waals surface area contributed by atoms with Gasteiger partial charge in [-0.05, 0) is 90.2 Å². The largest absolute Gasteiger partial charge is 0.456 e. The zero-order valence-electron chi connectivity index (χ0n) is 21.5. The molecule has 1 aromatic heterocycles. The topological polar surface area (TPSA) is 50.2 Å². The Kier molecular flexibility index (Phi) is 5.96. The summed E-state index contributed by atoms with van der Waals surface area (Å²) in [6.45, 7) is 1.40. The number of aromatic nitrogens is 1. The Morgan fingerprint density at radius 2 is 1.72 bits per heavy atom. The first-order valence-electron chi connectivity index (χ1n) is 13.5. The van der Waals surface area contributed by atoms with Crippen molar-refractivity contribution in [3.8, 4) is 11.1 Å². The van der Waals surface area contributed by atoms with Gasteiger partial charge in [-0.3, -0.25) is 9.78 Å². The number of halogens is 5. The number of allylic oxidation sites excluding steroid dienone is 3. The van der Waals surface area contributed by atoms with Gasteiger partial charge in [-0.15, -0.1) is 0 Å². The van der Waals surface area contributed by atoms with E-state index in [-0.39, 0.29) is 35.9 Å². The number of fused-ring (bicyclic) bond motifs is 5. The Labute approximate surface area is 223 Å². The predicted molar refractivity (Wildman–Crippen MR) is 136 cm³/mol. The van der Waals surface area contributed by atoms with Crippen LogP contribution < -0.4 is 0 Å². The smallest absolute Gasteiger partial charge is 0.378 e. The summed E-state index contributed by atoms with van der Waals surface area (Å²) in [4.78, 5) is 16.4. The van der Waals surface area contributed by atoms with E-state index in [2.05, 4.69) is 4.98 Å². The van der Waals surface area contributed by atoms with Gasteiger partial charge in [0.25, 0.3) is 0 Å². The Bertz CT molecular complexity index is 1330. The van der Waals surface area contributed by atoms with E-state index in [1.165, 1.54) is 13.0 Å². The van der Waals surface area contributed by atoms with Crippen LogP contribution in [0.2, 0.25) is 0 Å². The van der Waals surface area contributed by atoms with Crippen LogP contribution in [0.3, 0.4) is 0 Å². The molecule has 7 atom stereocenters. The molecule has 8 heteroatoms. The summed E-state index contributed by atoms with van der Waals surface area (Å²) in [7, 11) is 0. The van der Waals surface area contributed by atoms with Crippen molar-refractivity contribution in [3.05, 3.63) is 78.2 Å². The molecule has 6 rings (SSSR count). The van der Waals surface area contributed by atoms with Crippen molar-refractivity contribution in [1.29, 1.82) is 0 Å². The van der Waals surface area contributed by atoms with Crippen molar-refractivity contribution in [1.82, 2.24) is 4.98 Å².